The molecule has 142 valence electrons. The van der Waals surface area contributed by atoms with E-state index in [9.17, 15) is 0 Å². The van der Waals surface area contributed by atoms with Crippen LogP contribution in [0.1, 0.15) is 24.2 Å². The molecule has 0 spiro atoms. The number of H-pyrrole nitrogens is 1. The van der Waals surface area contributed by atoms with Gasteiger partial charge in [0.25, 0.3) is 0 Å². The zero-order valence-corrected chi connectivity index (χ0v) is 16.0. The average Bonchev–Trinajstić information content (AvgIpc) is 3.12. The minimum absolute atomic E-state index is 0.0460. The number of hydrogen-bond acceptors (Lipinski definition) is 2. The molecule has 0 aliphatic rings. The molecule has 27 heavy (non-hydrogen) atoms. The third kappa shape index (κ3) is 5.11. The van der Waals surface area contributed by atoms with Gasteiger partial charge in [-0.05, 0) is 30.5 Å². The summed E-state index contributed by atoms with van der Waals surface area (Å²) in [7, 11) is 1.73. The Hall–Kier alpha value is -2.79. The third-order valence-corrected chi connectivity index (χ3v) is 4.58. The number of nitrogens with one attached hydrogen (secondary N) is 3. The van der Waals surface area contributed by atoms with Gasteiger partial charge in [-0.1, -0.05) is 48.5 Å². The molecule has 5 nitrogen and oxygen atoms in total. The van der Waals surface area contributed by atoms with Crippen LogP contribution in [0.3, 0.4) is 0 Å². The normalized spacial score (nSPS) is 12.9. The van der Waals surface area contributed by atoms with Crippen LogP contribution in [0.4, 0.5) is 0 Å². The first-order valence-electron chi connectivity index (χ1n) is 9.46. The van der Waals surface area contributed by atoms with Crippen LogP contribution in [0.15, 0.2) is 65.8 Å². The van der Waals surface area contributed by atoms with Crippen molar-refractivity contribution >= 4 is 16.9 Å². The zero-order valence-electron chi connectivity index (χ0n) is 16.0. The summed E-state index contributed by atoms with van der Waals surface area (Å²) in [6.07, 6.45) is 2.98. The van der Waals surface area contributed by atoms with Crippen molar-refractivity contribution in [3.63, 3.8) is 0 Å². The van der Waals surface area contributed by atoms with E-state index in [1.807, 2.05) is 18.2 Å². The maximum Gasteiger partial charge on any atom is 0.191 e. The molecule has 5 heteroatoms. The number of ether oxygens (including phenoxy) is 1. The van der Waals surface area contributed by atoms with Crippen molar-refractivity contribution in [3.05, 3.63) is 71.9 Å². The summed E-state index contributed by atoms with van der Waals surface area (Å²) in [4.78, 5) is 8.03. The summed E-state index contributed by atoms with van der Waals surface area (Å²) < 4.78 is 5.61. The minimum atomic E-state index is -0.0460. The smallest absolute Gasteiger partial charge is 0.191 e. The Morgan fingerprint density at radius 2 is 1.85 bits per heavy atom. The van der Waals surface area contributed by atoms with Gasteiger partial charge in [0.2, 0.25) is 0 Å². The lowest BCUT2D eigenvalue weighted by molar-refractivity contribution is 0.111. The Morgan fingerprint density at radius 1 is 1.07 bits per heavy atom. The van der Waals surface area contributed by atoms with Crippen LogP contribution < -0.4 is 10.6 Å². The fourth-order valence-corrected chi connectivity index (χ4v) is 3.15. The number of aliphatic imine (C=N–C) groups is 1. The van der Waals surface area contributed by atoms with Gasteiger partial charge in [0.05, 0.1) is 6.54 Å². The Balaban J connectivity index is 1.59. The van der Waals surface area contributed by atoms with E-state index >= 15 is 0 Å². The second kappa shape index (κ2) is 9.78. The summed E-state index contributed by atoms with van der Waals surface area (Å²) in [5, 5.41) is 8.01. The van der Waals surface area contributed by atoms with Crippen LogP contribution >= 0.6 is 0 Å². The second-order valence-corrected chi connectivity index (χ2v) is 6.39. The molecule has 0 fully saturated rings. The van der Waals surface area contributed by atoms with Gasteiger partial charge in [-0.15, -0.1) is 0 Å². The van der Waals surface area contributed by atoms with Gasteiger partial charge in [0, 0.05) is 37.3 Å². The highest BCUT2D eigenvalue weighted by Crippen LogP contribution is 2.18. The quantitative estimate of drug-likeness (QED) is 0.422. The topological polar surface area (TPSA) is 61.4 Å². The molecule has 1 unspecified atom stereocenters. The lowest BCUT2D eigenvalue weighted by Crippen LogP contribution is -2.38. The highest BCUT2D eigenvalue weighted by molar-refractivity contribution is 5.83. The number of methoxy groups -OCH3 is 1. The largest absolute Gasteiger partial charge is 0.375 e. The first-order chi connectivity index (χ1) is 13.3. The number of fused-ring (bicyclic) bond motifs is 1. The standard InChI is InChI=1S/C22H28N4O/c1-3-23-22(26-16-21(27-2)17-9-5-4-6-10-17)24-14-13-18-15-25-20-12-8-7-11-19(18)20/h4-12,15,21,25H,3,13-14,16H2,1-2H3,(H2,23,24,26). The monoisotopic (exact) mass is 364 g/mol. The molecule has 0 saturated heterocycles. The summed E-state index contributed by atoms with van der Waals surface area (Å²) in [6.45, 7) is 4.28. The fraction of sp³-hybridized carbons (Fsp3) is 0.318. The van der Waals surface area contributed by atoms with Crippen LogP contribution in [0.25, 0.3) is 10.9 Å². The van der Waals surface area contributed by atoms with E-state index < -0.39 is 0 Å². The van der Waals surface area contributed by atoms with Gasteiger partial charge in [-0.25, -0.2) is 0 Å². The van der Waals surface area contributed by atoms with Crippen LogP contribution in [0.2, 0.25) is 0 Å². The number of aromatic amines is 1. The molecule has 3 N–H and O–H groups in total. The van der Waals surface area contributed by atoms with Crippen molar-refractivity contribution in [3.8, 4) is 0 Å². The molecule has 1 aromatic heterocycles. The molecule has 1 heterocycles. The number of guanidine groups is 1. The lowest BCUT2D eigenvalue weighted by Gasteiger charge is -2.16. The molecular formula is C22H28N4O. The number of benzene rings is 2. The Bertz CT molecular complexity index is 857. The van der Waals surface area contributed by atoms with Crippen LogP contribution in [-0.2, 0) is 11.2 Å². The molecular weight excluding hydrogens is 336 g/mol. The molecule has 1 atom stereocenters. The Morgan fingerprint density at radius 3 is 2.63 bits per heavy atom. The molecule has 3 aromatic rings. The number of hydrogen-bond donors (Lipinski definition) is 3. The highest BCUT2D eigenvalue weighted by Gasteiger charge is 2.10. The van der Waals surface area contributed by atoms with Gasteiger partial charge in [0.15, 0.2) is 5.96 Å². The molecule has 0 bridgehead atoms. The van der Waals surface area contributed by atoms with Crippen molar-refractivity contribution in [2.24, 2.45) is 4.99 Å². The maximum absolute atomic E-state index is 5.61. The Labute approximate surface area is 160 Å². The molecule has 0 radical (unpaired) electrons. The van der Waals surface area contributed by atoms with Gasteiger partial charge in [-0.2, -0.15) is 0 Å². The van der Waals surface area contributed by atoms with Crippen LogP contribution in [0, 0.1) is 0 Å². The van der Waals surface area contributed by atoms with Crippen LogP contribution in [-0.4, -0.2) is 37.7 Å². The number of rotatable bonds is 8. The summed E-state index contributed by atoms with van der Waals surface area (Å²) >= 11 is 0. The first kappa shape index (κ1) is 19.0. The SMILES string of the molecule is CCNC(=NCC(OC)c1ccccc1)NCCc1c[nH]c2ccccc12. The highest BCUT2D eigenvalue weighted by atomic mass is 16.5. The summed E-state index contributed by atoms with van der Waals surface area (Å²) in [5.41, 5.74) is 3.63. The van der Waals surface area contributed by atoms with Crippen molar-refractivity contribution in [2.75, 3.05) is 26.7 Å². The maximum atomic E-state index is 5.61. The summed E-state index contributed by atoms with van der Waals surface area (Å²) in [5.74, 6) is 0.815. The van der Waals surface area contributed by atoms with E-state index in [0.717, 1.165) is 31.0 Å². The van der Waals surface area contributed by atoms with Crippen molar-refractivity contribution < 1.29 is 4.74 Å². The summed E-state index contributed by atoms with van der Waals surface area (Å²) in [6, 6.07) is 18.6. The van der Waals surface area contributed by atoms with E-state index in [4.69, 9.17) is 9.73 Å². The zero-order chi connectivity index (χ0) is 18.9. The molecule has 0 aliphatic carbocycles. The molecule has 0 aliphatic heterocycles. The van der Waals surface area contributed by atoms with Gasteiger partial charge < -0.3 is 20.4 Å². The number of nitrogens with zero attached hydrogens (tertiary/aromatic N) is 1. The molecule has 0 saturated carbocycles. The third-order valence-electron chi connectivity index (χ3n) is 4.58. The second-order valence-electron chi connectivity index (χ2n) is 6.39. The van der Waals surface area contributed by atoms with Gasteiger partial charge in [-0.3, -0.25) is 4.99 Å². The van der Waals surface area contributed by atoms with Crippen molar-refractivity contribution in [2.45, 2.75) is 19.4 Å². The fourth-order valence-electron chi connectivity index (χ4n) is 3.15. The van der Waals surface area contributed by atoms with E-state index in [1.165, 1.54) is 16.5 Å². The predicted octanol–water partition coefficient (Wildman–Crippen LogP) is 3.65. The van der Waals surface area contributed by atoms with E-state index in [0.29, 0.717) is 6.54 Å². The molecule has 2 aromatic carbocycles. The van der Waals surface area contributed by atoms with Crippen molar-refractivity contribution in [1.82, 2.24) is 15.6 Å². The molecule has 3 rings (SSSR count). The van der Waals surface area contributed by atoms with E-state index in [-0.39, 0.29) is 6.10 Å². The predicted molar refractivity (Wildman–Crippen MR) is 112 cm³/mol. The van der Waals surface area contributed by atoms with E-state index in [1.54, 1.807) is 7.11 Å². The number of aromatic nitrogens is 1. The van der Waals surface area contributed by atoms with E-state index in [2.05, 4.69) is 65.1 Å². The molecule has 0 amide bonds. The van der Waals surface area contributed by atoms with Gasteiger partial charge >= 0.3 is 0 Å². The van der Waals surface area contributed by atoms with Gasteiger partial charge in [0.1, 0.15) is 6.10 Å². The first-order valence-corrected chi connectivity index (χ1v) is 9.46. The van der Waals surface area contributed by atoms with Crippen LogP contribution in [0.5, 0.6) is 0 Å². The Kier molecular flexibility index (Phi) is 6.88. The number of para-hydroxylation sites is 1. The minimum Gasteiger partial charge on any atom is -0.375 e. The lowest BCUT2D eigenvalue weighted by atomic mass is 10.1. The van der Waals surface area contributed by atoms with Crippen molar-refractivity contribution in [1.29, 1.82) is 0 Å². The average molecular weight is 364 g/mol.